The van der Waals surface area contributed by atoms with Crippen molar-refractivity contribution in [2.75, 3.05) is 6.54 Å². The molecule has 0 saturated carbocycles. The predicted octanol–water partition coefficient (Wildman–Crippen LogP) is 2.42. The van der Waals surface area contributed by atoms with Crippen LogP contribution < -0.4 is 5.73 Å². The van der Waals surface area contributed by atoms with Crippen LogP contribution in [0.15, 0.2) is 24.5 Å². The van der Waals surface area contributed by atoms with Gasteiger partial charge in [-0.15, -0.1) is 0 Å². The molecule has 1 aromatic rings. The van der Waals surface area contributed by atoms with E-state index in [2.05, 4.69) is 18.8 Å². The fourth-order valence-electron chi connectivity index (χ4n) is 1.64. The summed E-state index contributed by atoms with van der Waals surface area (Å²) in [5.74, 6) is 0.165. The van der Waals surface area contributed by atoms with Gasteiger partial charge in [-0.2, -0.15) is 0 Å². The highest BCUT2D eigenvalue weighted by atomic mass is 16.1. The molecular weight excluding hydrogens is 200 g/mol. The maximum absolute atomic E-state index is 11.8. The zero-order chi connectivity index (χ0) is 12.0. The van der Waals surface area contributed by atoms with E-state index in [-0.39, 0.29) is 11.2 Å². The lowest BCUT2D eigenvalue weighted by atomic mass is 9.83. The highest BCUT2D eigenvalue weighted by Gasteiger charge is 2.18. The number of Topliss-reactive ketones (excluding diaryl/α,β-unsaturated/α-hetero) is 1. The first-order valence-electron chi connectivity index (χ1n) is 5.68. The van der Waals surface area contributed by atoms with Crippen LogP contribution in [-0.4, -0.2) is 17.3 Å². The Hall–Kier alpha value is -1.22. The van der Waals surface area contributed by atoms with Crippen molar-refractivity contribution in [1.82, 2.24) is 4.98 Å². The number of carbonyl (C=O) groups is 1. The standard InChI is InChI=1S/C13H20N2O/c1-13(2,7-8-14)6-5-12(16)11-4-3-9-15-10-11/h3-4,9-10H,5-8,14H2,1-2H3. The van der Waals surface area contributed by atoms with Crippen LogP contribution in [0.5, 0.6) is 0 Å². The Morgan fingerprint density at radius 2 is 2.19 bits per heavy atom. The van der Waals surface area contributed by atoms with Crippen molar-refractivity contribution in [3.05, 3.63) is 30.1 Å². The molecule has 3 heteroatoms. The van der Waals surface area contributed by atoms with Crippen molar-refractivity contribution < 1.29 is 4.79 Å². The molecule has 0 radical (unpaired) electrons. The molecule has 0 bridgehead atoms. The Morgan fingerprint density at radius 3 is 2.75 bits per heavy atom. The van der Waals surface area contributed by atoms with Crippen LogP contribution in [0.1, 0.15) is 43.5 Å². The Kier molecular flexibility index (Phi) is 4.62. The maximum atomic E-state index is 11.8. The molecule has 0 aromatic carbocycles. The molecule has 0 spiro atoms. The van der Waals surface area contributed by atoms with Gasteiger partial charge in [-0.25, -0.2) is 0 Å². The van der Waals surface area contributed by atoms with Gasteiger partial charge in [0.2, 0.25) is 0 Å². The number of nitrogens with two attached hydrogens (primary N) is 1. The van der Waals surface area contributed by atoms with Gasteiger partial charge in [0.25, 0.3) is 0 Å². The van der Waals surface area contributed by atoms with E-state index in [1.807, 2.05) is 6.07 Å². The first-order valence-corrected chi connectivity index (χ1v) is 5.68. The molecule has 0 amide bonds. The predicted molar refractivity (Wildman–Crippen MR) is 65.3 cm³/mol. The van der Waals surface area contributed by atoms with E-state index >= 15 is 0 Å². The summed E-state index contributed by atoms with van der Waals surface area (Å²) in [4.78, 5) is 15.8. The smallest absolute Gasteiger partial charge is 0.164 e. The van der Waals surface area contributed by atoms with Gasteiger partial charge in [-0.3, -0.25) is 9.78 Å². The van der Waals surface area contributed by atoms with Crippen molar-refractivity contribution in [3.63, 3.8) is 0 Å². The molecule has 0 saturated heterocycles. The summed E-state index contributed by atoms with van der Waals surface area (Å²) in [6, 6.07) is 3.60. The molecule has 0 unspecified atom stereocenters. The van der Waals surface area contributed by atoms with Gasteiger partial charge < -0.3 is 5.73 Å². The average molecular weight is 220 g/mol. The summed E-state index contributed by atoms with van der Waals surface area (Å²) in [5.41, 5.74) is 6.38. The van der Waals surface area contributed by atoms with Crippen molar-refractivity contribution in [2.24, 2.45) is 11.1 Å². The molecule has 0 aliphatic carbocycles. The van der Waals surface area contributed by atoms with Crippen LogP contribution in [0, 0.1) is 5.41 Å². The fraction of sp³-hybridized carbons (Fsp3) is 0.538. The second-order valence-electron chi connectivity index (χ2n) is 4.87. The third kappa shape index (κ3) is 4.11. The summed E-state index contributed by atoms with van der Waals surface area (Å²) in [5, 5.41) is 0. The van der Waals surface area contributed by atoms with E-state index in [9.17, 15) is 4.79 Å². The van der Waals surface area contributed by atoms with E-state index in [1.54, 1.807) is 18.5 Å². The monoisotopic (exact) mass is 220 g/mol. The first-order chi connectivity index (χ1) is 7.55. The van der Waals surface area contributed by atoms with E-state index in [0.29, 0.717) is 18.5 Å². The number of pyridine rings is 1. The quantitative estimate of drug-likeness (QED) is 0.749. The fourth-order valence-corrected chi connectivity index (χ4v) is 1.64. The summed E-state index contributed by atoms with van der Waals surface area (Å²) >= 11 is 0. The van der Waals surface area contributed by atoms with Crippen LogP contribution in [0.2, 0.25) is 0 Å². The Morgan fingerprint density at radius 1 is 1.44 bits per heavy atom. The SMILES string of the molecule is CC(C)(CCN)CCC(=O)c1cccnc1. The van der Waals surface area contributed by atoms with Crippen molar-refractivity contribution in [3.8, 4) is 0 Å². The minimum Gasteiger partial charge on any atom is -0.330 e. The minimum absolute atomic E-state index is 0.145. The molecular formula is C13H20N2O. The lowest BCUT2D eigenvalue weighted by Crippen LogP contribution is -2.18. The Labute approximate surface area is 97.1 Å². The van der Waals surface area contributed by atoms with Gasteiger partial charge in [0.1, 0.15) is 0 Å². The van der Waals surface area contributed by atoms with Gasteiger partial charge in [-0.1, -0.05) is 13.8 Å². The van der Waals surface area contributed by atoms with Crippen molar-refractivity contribution in [2.45, 2.75) is 33.1 Å². The van der Waals surface area contributed by atoms with Gasteiger partial charge in [-0.05, 0) is 36.9 Å². The summed E-state index contributed by atoms with van der Waals surface area (Å²) in [7, 11) is 0. The molecule has 1 rings (SSSR count). The second-order valence-corrected chi connectivity index (χ2v) is 4.87. The molecule has 3 nitrogen and oxygen atoms in total. The Bertz CT molecular complexity index is 333. The zero-order valence-electron chi connectivity index (χ0n) is 10.1. The summed E-state index contributed by atoms with van der Waals surface area (Å²) in [6.45, 7) is 4.97. The topological polar surface area (TPSA) is 56.0 Å². The number of nitrogens with zero attached hydrogens (tertiary/aromatic N) is 1. The number of ketones is 1. The lowest BCUT2D eigenvalue weighted by molar-refractivity contribution is 0.0961. The molecule has 1 aromatic heterocycles. The molecule has 16 heavy (non-hydrogen) atoms. The summed E-state index contributed by atoms with van der Waals surface area (Å²) in [6.07, 6.45) is 5.69. The van der Waals surface area contributed by atoms with E-state index in [0.717, 1.165) is 12.8 Å². The molecule has 2 N–H and O–H groups in total. The largest absolute Gasteiger partial charge is 0.330 e. The number of aromatic nitrogens is 1. The van der Waals surface area contributed by atoms with Crippen LogP contribution in [-0.2, 0) is 0 Å². The minimum atomic E-state index is 0.145. The molecule has 0 aliphatic heterocycles. The van der Waals surface area contributed by atoms with Gasteiger partial charge in [0, 0.05) is 24.4 Å². The van der Waals surface area contributed by atoms with Gasteiger partial charge >= 0.3 is 0 Å². The number of carbonyl (C=O) groups excluding carboxylic acids is 1. The van der Waals surface area contributed by atoms with E-state index < -0.39 is 0 Å². The van der Waals surface area contributed by atoms with E-state index in [4.69, 9.17) is 5.73 Å². The van der Waals surface area contributed by atoms with Crippen LogP contribution in [0.3, 0.4) is 0 Å². The van der Waals surface area contributed by atoms with E-state index in [1.165, 1.54) is 0 Å². The molecule has 0 aliphatic rings. The third-order valence-corrected chi connectivity index (χ3v) is 2.83. The van der Waals surface area contributed by atoms with Gasteiger partial charge in [0.15, 0.2) is 5.78 Å². The highest BCUT2D eigenvalue weighted by molar-refractivity contribution is 5.95. The molecule has 0 atom stereocenters. The van der Waals surface area contributed by atoms with Crippen molar-refractivity contribution in [1.29, 1.82) is 0 Å². The first kappa shape index (κ1) is 12.8. The summed E-state index contributed by atoms with van der Waals surface area (Å²) < 4.78 is 0. The molecule has 1 heterocycles. The Balaban J connectivity index is 2.48. The van der Waals surface area contributed by atoms with Crippen LogP contribution in [0.4, 0.5) is 0 Å². The third-order valence-electron chi connectivity index (χ3n) is 2.83. The number of hydrogen-bond acceptors (Lipinski definition) is 3. The zero-order valence-corrected chi connectivity index (χ0v) is 10.1. The number of hydrogen-bond donors (Lipinski definition) is 1. The number of rotatable bonds is 6. The lowest BCUT2D eigenvalue weighted by Gasteiger charge is -2.23. The highest BCUT2D eigenvalue weighted by Crippen LogP contribution is 2.26. The van der Waals surface area contributed by atoms with Crippen molar-refractivity contribution >= 4 is 5.78 Å². The average Bonchev–Trinajstić information content (AvgIpc) is 2.27. The molecule has 88 valence electrons. The molecule has 0 fully saturated rings. The van der Waals surface area contributed by atoms with Gasteiger partial charge in [0.05, 0.1) is 0 Å². The second kappa shape index (κ2) is 5.75. The van der Waals surface area contributed by atoms with Crippen LogP contribution in [0.25, 0.3) is 0 Å². The van der Waals surface area contributed by atoms with Crippen LogP contribution >= 0.6 is 0 Å². The maximum Gasteiger partial charge on any atom is 0.164 e. The normalized spacial score (nSPS) is 11.4.